The molecule has 3 rings (SSSR count). The summed E-state index contributed by atoms with van der Waals surface area (Å²) in [5.74, 6) is 0.609. The molecule has 76 valence electrons. The quantitative estimate of drug-likeness (QED) is 0.612. The van der Waals surface area contributed by atoms with E-state index in [2.05, 4.69) is 55.5 Å². The number of rotatable bonds is 1. The Bertz CT molecular complexity index is 462. The van der Waals surface area contributed by atoms with Gasteiger partial charge in [0.2, 0.25) is 0 Å². The molecule has 0 radical (unpaired) electrons. The Morgan fingerprint density at radius 1 is 0.875 bits per heavy atom. The first-order valence-corrected chi connectivity index (χ1v) is 5.60. The molecule has 16 heavy (non-hydrogen) atoms. The van der Waals surface area contributed by atoms with Gasteiger partial charge in [-0.15, -0.1) is 0 Å². The van der Waals surface area contributed by atoms with Crippen LogP contribution >= 0.6 is 0 Å². The van der Waals surface area contributed by atoms with Crippen molar-refractivity contribution in [3.05, 3.63) is 59.7 Å². The van der Waals surface area contributed by atoms with Crippen LogP contribution in [0.15, 0.2) is 48.5 Å². The molecule has 0 aromatic heterocycles. The predicted octanol–water partition coefficient (Wildman–Crippen LogP) is 1.33. The topological polar surface area (TPSA) is 0 Å². The molecule has 0 aliphatic heterocycles. The largest absolute Gasteiger partial charge is 1.00 e. The normalized spacial score (nSPS) is 12.8. The molecule has 1 aliphatic rings. The van der Waals surface area contributed by atoms with E-state index in [4.69, 9.17) is 0 Å². The van der Waals surface area contributed by atoms with Crippen molar-refractivity contribution in [2.24, 2.45) is 0 Å². The smallest absolute Gasteiger partial charge is 1.00 e. The minimum Gasteiger partial charge on any atom is -1.00 e. The minimum atomic E-state index is 0. The minimum absolute atomic E-state index is 0. The van der Waals surface area contributed by atoms with Gasteiger partial charge in [0.15, 0.2) is 0 Å². The van der Waals surface area contributed by atoms with Crippen molar-refractivity contribution >= 4 is 0 Å². The molecule has 0 nitrogen and oxygen atoms in total. The molecule has 1 aliphatic carbocycles. The molecule has 0 spiro atoms. The monoisotopic (exact) mass is 202 g/mol. The Kier molecular flexibility index (Phi) is 3.24. The van der Waals surface area contributed by atoms with Gasteiger partial charge in [0.25, 0.3) is 0 Å². The molecule has 2 aromatic rings. The molecule has 0 saturated carbocycles. The zero-order chi connectivity index (χ0) is 10.3. The van der Waals surface area contributed by atoms with E-state index in [1.165, 1.54) is 28.7 Å². The van der Waals surface area contributed by atoms with Crippen LogP contribution in [0.2, 0.25) is 0 Å². The Morgan fingerprint density at radius 2 is 1.31 bits per heavy atom. The van der Waals surface area contributed by atoms with Crippen LogP contribution in [0.25, 0.3) is 11.1 Å². The third-order valence-electron chi connectivity index (χ3n) is 3.37. The Hall–Kier alpha value is -0.963. The maximum absolute atomic E-state index is 2.27. The van der Waals surface area contributed by atoms with Crippen molar-refractivity contribution in [1.82, 2.24) is 0 Å². The maximum Gasteiger partial charge on any atom is 1.00 e. The number of benzene rings is 2. The Labute approximate surface area is 110 Å². The van der Waals surface area contributed by atoms with E-state index < -0.39 is 0 Å². The SMILES string of the molecule is CCC1c2ccccc2-c2ccccc21.[H-].[Li+]. The Balaban J connectivity index is 0.000000722. The molecule has 1 heteroatoms. The zero-order valence-corrected chi connectivity index (χ0v) is 9.90. The second kappa shape index (κ2) is 4.50. The van der Waals surface area contributed by atoms with Gasteiger partial charge in [-0.3, -0.25) is 0 Å². The van der Waals surface area contributed by atoms with Crippen LogP contribution in [0.4, 0.5) is 0 Å². The molecule has 0 unspecified atom stereocenters. The summed E-state index contributed by atoms with van der Waals surface area (Å²) in [6, 6.07) is 17.6. The van der Waals surface area contributed by atoms with E-state index in [1.54, 1.807) is 0 Å². The van der Waals surface area contributed by atoms with Crippen LogP contribution in [0.1, 0.15) is 31.8 Å². The average molecular weight is 202 g/mol. The van der Waals surface area contributed by atoms with E-state index in [0.717, 1.165) is 0 Å². The zero-order valence-electron chi connectivity index (χ0n) is 10.9. The van der Waals surface area contributed by atoms with E-state index >= 15 is 0 Å². The summed E-state index contributed by atoms with van der Waals surface area (Å²) in [6.45, 7) is 2.27. The maximum atomic E-state index is 2.27. The van der Waals surface area contributed by atoms with Gasteiger partial charge in [-0.05, 0) is 28.7 Å². The Morgan fingerprint density at radius 3 is 1.75 bits per heavy atom. The summed E-state index contributed by atoms with van der Waals surface area (Å²) in [5, 5.41) is 0. The van der Waals surface area contributed by atoms with Gasteiger partial charge in [-0.1, -0.05) is 55.5 Å². The van der Waals surface area contributed by atoms with Crippen LogP contribution in [-0.2, 0) is 0 Å². The van der Waals surface area contributed by atoms with Crippen LogP contribution in [0, 0.1) is 0 Å². The molecular weight excluding hydrogens is 187 g/mol. The van der Waals surface area contributed by atoms with Crippen molar-refractivity contribution in [2.75, 3.05) is 0 Å². The first-order chi connectivity index (χ1) is 7.42. The van der Waals surface area contributed by atoms with Crippen LogP contribution in [-0.4, -0.2) is 0 Å². The molecular formula is C15H15Li. The molecule has 0 heterocycles. The van der Waals surface area contributed by atoms with Crippen molar-refractivity contribution in [2.45, 2.75) is 19.3 Å². The average Bonchev–Trinajstić information content (AvgIpc) is 2.63. The molecule has 0 amide bonds. The fourth-order valence-corrected chi connectivity index (χ4v) is 2.70. The summed E-state index contributed by atoms with van der Waals surface area (Å²) >= 11 is 0. The fourth-order valence-electron chi connectivity index (χ4n) is 2.70. The van der Waals surface area contributed by atoms with Gasteiger partial charge in [0, 0.05) is 5.92 Å². The van der Waals surface area contributed by atoms with E-state index in [0.29, 0.717) is 5.92 Å². The molecule has 0 N–H and O–H groups in total. The first kappa shape index (κ1) is 11.5. The van der Waals surface area contributed by atoms with Crippen LogP contribution in [0.5, 0.6) is 0 Å². The molecule has 2 aromatic carbocycles. The third-order valence-corrected chi connectivity index (χ3v) is 3.37. The second-order valence-electron chi connectivity index (χ2n) is 4.14. The molecule has 0 bridgehead atoms. The molecule has 0 fully saturated rings. The summed E-state index contributed by atoms with van der Waals surface area (Å²) in [5.41, 5.74) is 5.86. The predicted molar refractivity (Wildman–Crippen MR) is 65.1 cm³/mol. The summed E-state index contributed by atoms with van der Waals surface area (Å²) in [4.78, 5) is 0. The van der Waals surface area contributed by atoms with Crippen molar-refractivity contribution in [3.63, 3.8) is 0 Å². The number of hydrogen-bond acceptors (Lipinski definition) is 0. The van der Waals surface area contributed by atoms with E-state index in [1.807, 2.05) is 0 Å². The van der Waals surface area contributed by atoms with Crippen molar-refractivity contribution in [3.8, 4) is 11.1 Å². The standard InChI is InChI=1S/C15H14.Li.H/c1-2-11-12-7-3-5-9-14(12)15-10-6-4-8-13(11)15;;/h3-11H,2H2,1H3;;/q;+1;-1. The van der Waals surface area contributed by atoms with E-state index in [9.17, 15) is 0 Å². The van der Waals surface area contributed by atoms with Crippen molar-refractivity contribution in [1.29, 1.82) is 0 Å². The van der Waals surface area contributed by atoms with Crippen molar-refractivity contribution < 1.29 is 20.3 Å². The van der Waals surface area contributed by atoms with Gasteiger partial charge in [-0.25, -0.2) is 0 Å². The first-order valence-electron chi connectivity index (χ1n) is 5.60. The van der Waals surface area contributed by atoms with Gasteiger partial charge in [0.1, 0.15) is 0 Å². The molecule has 0 saturated heterocycles. The van der Waals surface area contributed by atoms with Crippen LogP contribution < -0.4 is 18.9 Å². The molecule has 0 atom stereocenters. The van der Waals surface area contributed by atoms with Gasteiger partial charge in [0.05, 0.1) is 0 Å². The van der Waals surface area contributed by atoms with Gasteiger partial charge >= 0.3 is 18.9 Å². The summed E-state index contributed by atoms with van der Waals surface area (Å²) < 4.78 is 0. The van der Waals surface area contributed by atoms with Crippen LogP contribution in [0.3, 0.4) is 0 Å². The van der Waals surface area contributed by atoms with Gasteiger partial charge < -0.3 is 1.43 Å². The van der Waals surface area contributed by atoms with E-state index in [-0.39, 0.29) is 20.3 Å². The fraction of sp³-hybridized carbons (Fsp3) is 0.200. The second-order valence-corrected chi connectivity index (χ2v) is 4.14. The number of fused-ring (bicyclic) bond motifs is 3. The summed E-state index contributed by atoms with van der Waals surface area (Å²) in [7, 11) is 0. The summed E-state index contributed by atoms with van der Waals surface area (Å²) in [6.07, 6.45) is 1.19. The number of hydrogen-bond donors (Lipinski definition) is 0. The third kappa shape index (κ3) is 1.54. The van der Waals surface area contributed by atoms with Gasteiger partial charge in [-0.2, -0.15) is 0 Å².